The smallest absolute Gasteiger partial charge is 0.260 e. The van der Waals surface area contributed by atoms with Crippen LogP contribution in [-0.4, -0.2) is 6.71 Å². The lowest BCUT2D eigenvalue weighted by atomic mass is 9.35. The quantitative estimate of drug-likeness (QED) is 0.172. The van der Waals surface area contributed by atoms with Crippen molar-refractivity contribution in [2.45, 2.75) is 0 Å². The molecule has 0 saturated carbocycles. The number of rotatable bonds is 4. The van der Waals surface area contributed by atoms with E-state index in [1.54, 1.807) is 0 Å². The number of benzene rings is 8. The minimum absolute atomic E-state index is 0.0762. The van der Waals surface area contributed by atoms with E-state index < -0.39 is 0 Å². The summed E-state index contributed by atoms with van der Waals surface area (Å²) in [6.45, 7) is 0.0762. The highest BCUT2D eigenvalue weighted by atomic mass is 32.1. The maximum Gasteiger partial charge on any atom is 0.260 e. The molecule has 1 aromatic heterocycles. The summed E-state index contributed by atoms with van der Waals surface area (Å²) in [4.78, 5) is 0. The molecule has 8 aromatic carbocycles. The average Bonchev–Trinajstić information content (AvgIpc) is 3.60. The molecule has 0 spiro atoms. The highest BCUT2D eigenvalue weighted by molar-refractivity contribution is 7.26. The van der Waals surface area contributed by atoms with Gasteiger partial charge in [-0.05, 0) is 79.7 Å². The third-order valence-corrected chi connectivity index (χ3v) is 11.9. The number of hydrogen-bond acceptors (Lipinski definition) is 3. The molecule has 242 valence electrons. The third kappa shape index (κ3) is 4.58. The highest BCUT2D eigenvalue weighted by Crippen LogP contribution is 2.45. The SMILES string of the molecule is c1ccc(-c2ccc(-c3cccc4c3sc3c(-c5ccc(-c6cc7c8c(c6)Oc6ccccc6B8c6ccccc6O7)cc5)cccc34)cc2)cc1. The molecule has 9 aromatic rings. The van der Waals surface area contributed by atoms with Gasteiger partial charge in [-0.25, -0.2) is 0 Å². The monoisotopic (exact) mass is 680 g/mol. The Morgan fingerprint density at radius 3 is 1.33 bits per heavy atom. The van der Waals surface area contributed by atoms with Crippen LogP contribution in [0.4, 0.5) is 0 Å². The van der Waals surface area contributed by atoms with Crippen LogP contribution in [0.5, 0.6) is 23.0 Å². The molecule has 0 fully saturated rings. The van der Waals surface area contributed by atoms with Crippen molar-refractivity contribution in [1.29, 1.82) is 0 Å². The highest BCUT2D eigenvalue weighted by Gasteiger charge is 2.40. The fourth-order valence-corrected chi connectivity index (χ4v) is 9.52. The fourth-order valence-electron chi connectivity index (χ4n) is 8.15. The molecular formula is C48H29BO2S. The summed E-state index contributed by atoms with van der Waals surface area (Å²) in [5.74, 6) is 3.52. The summed E-state index contributed by atoms with van der Waals surface area (Å²) in [7, 11) is 0. The molecule has 0 unspecified atom stereocenters. The molecule has 0 atom stereocenters. The Hall–Kier alpha value is -6.36. The van der Waals surface area contributed by atoms with E-state index in [-0.39, 0.29) is 6.71 Å². The molecule has 0 bridgehead atoms. The zero-order chi connectivity index (χ0) is 34.2. The van der Waals surface area contributed by atoms with Gasteiger partial charge in [0.1, 0.15) is 23.0 Å². The zero-order valence-corrected chi connectivity index (χ0v) is 28.9. The number of thiophene rings is 1. The van der Waals surface area contributed by atoms with Crippen molar-refractivity contribution in [2.75, 3.05) is 0 Å². The largest absolute Gasteiger partial charge is 0.458 e. The molecule has 2 nitrogen and oxygen atoms in total. The van der Waals surface area contributed by atoms with Gasteiger partial charge in [-0.1, -0.05) is 152 Å². The summed E-state index contributed by atoms with van der Waals surface area (Å²) in [6, 6.07) is 63.0. The van der Waals surface area contributed by atoms with Gasteiger partial charge in [0.2, 0.25) is 0 Å². The molecule has 11 rings (SSSR count). The van der Waals surface area contributed by atoms with Crippen LogP contribution in [0.15, 0.2) is 176 Å². The number of hydrogen-bond donors (Lipinski definition) is 0. The van der Waals surface area contributed by atoms with Crippen molar-refractivity contribution in [1.82, 2.24) is 0 Å². The maximum atomic E-state index is 6.56. The maximum absolute atomic E-state index is 6.56. The van der Waals surface area contributed by atoms with Crippen LogP contribution in [0.3, 0.4) is 0 Å². The molecule has 2 aliphatic rings. The zero-order valence-electron chi connectivity index (χ0n) is 28.0. The van der Waals surface area contributed by atoms with Gasteiger partial charge in [-0.15, -0.1) is 11.3 Å². The van der Waals surface area contributed by atoms with E-state index in [2.05, 4.69) is 164 Å². The van der Waals surface area contributed by atoms with Crippen molar-refractivity contribution in [3.8, 4) is 67.5 Å². The van der Waals surface area contributed by atoms with Crippen LogP contribution in [-0.2, 0) is 0 Å². The van der Waals surface area contributed by atoms with Crippen molar-refractivity contribution in [2.24, 2.45) is 0 Å². The van der Waals surface area contributed by atoms with Crippen molar-refractivity contribution in [3.63, 3.8) is 0 Å². The van der Waals surface area contributed by atoms with E-state index >= 15 is 0 Å². The summed E-state index contributed by atoms with van der Waals surface area (Å²) >= 11 is 1.89. The summed E-state index contributed by atoms with van der Waals surface area (Å²) < 4.78 is 15.7. The number of fused-ring (bicyclic) bond motifs is 7. The van der Waals surface area contributed by atoms with E-state index in [0.29, 0.717) is 0 Å². The van der Waals surface area contributed by atoms with E-state index in [9.17, 15) is 0 Å². The van der Waals surface area contributed by atoms with Crippen molar-refractivity contribution >= 4 is 54.6 Å². The predicted octanol–water partition coefficient (Wildman–Crippen LogP) is 11.5. The third-order valence-electron chi connectivity index (χ3n) is 10.6. The first kappa shape index (κ1) is 29.4. The second kappa shape index (κ2) is 11.6. The van der Waals surface area contributed by atoms with Gasteiger partial charge in [0, 0.05) is 25.6 Å². The van der Waals surface area contributed by atoms with Crippen LogP contribution in [0.2, 0.25) is 0 Å². The molecular weight excluding hydrogens is 651 g/mol. The van der Waals surface area contributed by atoms with Crippen LogP contribution in [0.1, 0.15) is 0 Å². The van der Waals surface area contributed by atoms with Gasteiger partial charge in [0.05, 0.1) is 0 Å². The minimum atomic E-state index is 0.0762. The Balaban J connectivity index is 0.967. The van der Waals surface area contributed by atoms with Gasteiger partial charge < -0.3 is 9.47 Å². The van der Waals surface area contributed by atoms with Crippen molar-refractivity contribution < 1.29 is 9.47 Å². The van der Waals surface area contributed by atoms with Gasteiger partial charge in [-0.3, -0.25) is 0 Å². The van der Waals surface area contributed by atoms with Gasteiger partial charge in [-0.2, -0.15) is 0 Å². The van der Waals surface area contributed by atoms with Crippen LogP contribution in [0, 0.1) is 0 Å². The molecule has 4 heteroatoms. The first-order chi connectivity index (χ1) is 25.8. The van der Waals surface area contributed by atoms with Crippen molar-refractivity contribution in [3.05, 3.63) is 176 Å². The molecule has 0 amide bonds. The Morgan fingerprint density at radius 2 is 0.788 bits per heavy atom. The summed E-state index contributed by atoms with van der Waals surface area (Å²) in [6.07, 6.45) is 0. The molecule has 0 radical (unpaired) electrons. The van der Waals surface area contributed by atoms with Crippen LogP contribution < -0.4 is 25.9 Å². The minimum Gasteiger partial charge on any atom is -0.458 e. The molecule has 52 heavy (non-hydrogen) atoms. The van der Waals surface area contributed by atoms with E-state index in [0.717, 1.165) is 39.6 Å². The van der Waals surface area contributed by atoms with E-state index in [1.165, 1.54) is 64.5 Å². The van der Waals surface area contributed by atoms with E-state index in [1.807, 2.05) is 23.5 Å². The second-order valence-electron chi connectivity index (χ2n) is 13.6. The number of ether oxygens (including phenoxy) is 2. The normalized spacial score (nSPS) is 12.5. The topological polar surface area (TPSA) is 18.5 Å². The lowest BCUT2D eigenvalue weighted by molar-refractivity contribution is 0.465. The first-order valence-corrected chi connectivity index (χ1v) is 18.5. The van der Waals surface area contributed by atoms with E-state index in [4.69, 9.17) is 9.47 Å². The standard InChI is InChI=1S/C48H29BO2S/c1-2-10-30(11-3-1)31-20-24-33(25-21-31)36-12-8-14-38-39-15-9-13-37(48(39)52-47(36)38)34-26-22-32(23-27-34)35-28-44-46-45(29-35)51-43-19-7-5-17-41(43)49(46)40-16-4-6-18-42(40)50-44/h1-29H. The van der Waals surface area contributed by atoms with Gasteiger partial charge in [0.15, 0.2) is 0 Å². The second-order valence-corrected chi connectivity index (χ2v) is 14.6. The molecule has 0 aliphatic carbocycles. The number of para-hydroxylation sites is 2. The average molecular weight is 681 g/mol. The van der Waals surface area contributed by atoms with Gasteiger partial charge in [0.25, 0.3) is 6.71 Å². The molecule has 0 saturated heterocycles. The van der Waals surface area contributed by atoms with Crippen LogP contribution in [0.25, 0.3) is 64.7 Å². The first-order valence-electron chi connectivity index (χ1n) is 17.7. The Labute approximate surface area is 306 Å². The van der Waals surface area contributed by atoms with Crippen LogP contribution >= 0.6 is 11.3 Å². The Bertz CT molecular complexity index is 2770. The Morgan fingerprint density at radius 1 is 0.346 bits per heavy atom. The molecule has 0 N–H and O–H groups in total. The summed E-state index contributed by atoms with van der Waals surface area (Å²) in [5, 5.41) is 2.59. The summed E-state index contributed by atoms with van der Waals surface area (Å²) in [5.41, 5.74) is 13.1. The van der Waals surface area contributed by atoms with Gasteiger partial charge >= 0.3 is 0 Å². The fraction of sp³-hybridized carbons (Fsp3) is 0. The Kier molecular flexibility index (Phi) is 6.55. The lowest BCUT2D eigenvalue weighted by Gasteiger charge is -2.33. The molecule has 2 aliphatic heterocycles. The lowest BCUT2D eigenvalue weighted by Crippen LogP contribution is -2.57. The predicted molar refractivity (Wildman–Crippen MR) is 219 cm³/mol. The molecule has 3 heterocycles.